The predicted octanol–water partition coefficient (Wildman–Crippen LogP) is 7.53. The minimum Gasteiger partial charge on any atom is -0.299 e. The zero-order chi connectivity index (χ0) is 24.9. The molecule has 0 aromatic heterocycles. The van der Waals surface area contributed by atoms with Crippen LogP contribution in [0.25, 0.3) is 5.57 Å². The topological polar surface area (TPSA) is 17.1 Å². The van der Waals surface area contributed by atoms with Crippen LogP contribution in [0.15, 0.2) is 97.1 Å². The number of carbonyl (C=O) groups is 1. The molecule has 0 heterocycles. The number of rotatable bonds is 9. The SMILES string of the molecule is CCCCC(=O)C1CC(C[Si](c2ccccc2)(c2ccccc2)C(C)(C)C)C=C1c1ccccc1. The van der Waals surface area contributed by atoms with E-state index in [2.05, 4.69) is 125 Å². The van der Waals surface area contributed by atoms with Gasteiger partial charge in [0.1, 0.15) is 13.9 Å². The van der Waals surface area contributed by atoms with Crippen LogP contribution in [0, 0.1) is 11.8 Å². The van der Waals surface area contributed by atoms with Gasteiger partial charge in [0.15, 0.2) is 0 Å². The highest BCUT2D eigenvalue weighted by Crippen LogP contribution is 2.46. The number of ketones is 1. The number of Topliss-reactive ketones (excluding diaryl/α,β-unsaturated/α-hetero) is 1. The first-order valence-electron chi connectivity index (χ1n) is 13.3. The van der Waals surface area contributed by atoms with Crippen LogP contribution in [0.1, 0.15) is 58.9 Å². The van der Waals surface area contributed by atoms with Crippen molar-refractivity contribution in [1.82, 2.24) is 0 Å². The lowest BCUT2D eigenvalue weighted by atomic mass is 9.88. The van der Waals surface area contributed by atoms with Crippen molar-refractivity contribution in [3.05, 3.63) is 103 Å². The molecule has 4 rings (SSSR count). The summed E-state index contributed by atoms with van der Waals surface area (Å²) in [7, 11) is -2.19. The fourth-order valence-electron chi connectivity index (χ4n) is 6.18. The molecule has 0 radical (unpaired) electrons. The molecule has 1 nitrogen and oxygen atoms in total. The Balaban J connectivity index is 1.79. The van der Waals surface area contributed by atoms with Gasteiger partial charge in [0.2, 0.25) is 0 Å². The van der Waals surface area contributed by atoms with E-state index in [0.29, 0.717) is 18.1 Å². The molecular weight excluding hydrogens is 440 g/mol. The number of hydrogen-bond acceptors (Lipinski definition) is 1. The molecule has 35 heavy (non-hydrogen) atoms. The van der Waals surface area contributed by atoms with E-state index in [0.717, 1.165) is 25.3 Å². The number of hydrogen-bond donors (Lipinski definition) is 0. The van der Waals surface area contributed by atoms with Gasteiger partial charge in [-0.1, -0.05) is 142 Å². The highest BCUT2D eigenvalue weighted by atomic mass is 28.3. The molecule has 0 aliphatic heterocycles. The molecule has 1 aliphatic carbocycles. The third-order valence-corrected chi connectivity index (χ3v) is 14.3. The predicted molar refractivity (Wildman–Crippen MR) is 153 cm³/mol. The van der Waals surface area contributed by atoms with E-state index in [9.17, 15) is 4.79 Å². The number of allylic oxidation sites excluding steroid dienone is 2. The summed E-state index contributed by atoms with van der Waals surface area (Å²) in [5.41, 5.74) is 2.47. The Labute approximate surface area is 213 Å². The smallest absolute Gasteiger partial charge is 0.140 e. The van der Waals surface area contributed by atoms with Crippen molar-refractivity contribution < 1.29 is 4.79 Å². The lowest BCUT2D eigenvalue weighted by Crippen LogP contribution is -2.64. The first kappa shape index (κ1) is 25.4. The average Bonchev–Trinajstić information content (AvgIpc) is 3.30. The highest BCUT2D eigenvalue weighted by Gasteiger charge is 2.49. The Morgan fingerprint density at radius 2 is 1.34 bits per heavy atom. The molecule has 0 spiro atoms. The first-order valence-corrected chi connectivity index (χ1v) is 15.5. The van der Waals surface area contributed by atoms with Crippen LogP contribution in [0.2, 0.25) is 11.1 Å². The molecule has 2 atom stereocenters. The molecule has 3 aromatic rings. The van der Waals surface area contributed by atoms with Gasteiger partial charge >= 0.3 is 0 Å². The Kier molecular flexibility index (Phi) is 7.91. The van der Waals surface area contributed by atoms with Gasteiger partial charge in [0, 0.05) is 12.3 Å². The van der Waals surface area contributed by atoms with E-state index >= 15 is 0 Å². The van der Waals surface area contributed by atoms with Gasteiger partial charge < -0.3 is 0 Å². The van der Waals surface area contributed by atoms with Crippen molar-refractivity contribution >= 4 is 29.8 Å². The molecule has 2 heteroatoms. The largest absolute Gasteiger partial charge is 0.299 e. The second-order valence-corrected chi connectivity index (χ2v) is 16.1. The number of unbranched alkanes of at least 4 members (excludes halogenated alkanes) is 1. The molecule has 0 N–H and O–H groups in total. The fourth-order valence-corrected chi connectivity index (χ4v) is 11.9. The van der Waals surface area contributed by atoms with Gasteiger partial charge in [0.05, 0.1) is 0 Å². The maximum Gasteiger partial charge on any atom is 0.140 e. The van der Waals surface area contributed by atoms with E-state index < -0.39 is 8.07 Å². The van der Waals surface area contributed by atoms with Crippen LogP contribution >= 0.6 is 0 Å². The van der Waals surface area contributed by atoms with Gasteiger partial charge in [-0.25, -0.2) is 0 Å². The van der Waals surface area contributed by atoms with Crippen molar-refractivity contribution in [3.63, 3.8) is 0 Å². The van der Waals surface area contributed by atoms with Crippen LogP contribution in [-0.2, 0) is 4.79 Å². The molecule has 0 fully saturated rings. The molecule has 3 aromatic carbocycles. The Bertz CT molecular complexity index is 1090. The minimum absolute atomic E-state index is 0.0205. The quantitative estimate of drug-likeness (QED) is 0.289. The molecule has 2 unspecified atom stereocenters. The van der Waals surface area contributed by atoms with Gasteiger partial charge in [-0.3, -0.25) is 4.79 Å². The van der Waals surface area contributed by atoms with Gasteiger partial charge in [-0.05, 0) is 41.0 Å². The third kappa shape index (κ3) is 5.28. The summed E-state index contributed by atoms with van der Waals surface area (Å²) in [5.74, 6) is 0.839. The molecule has 0 bridgehead atoms. The summed E-state index contributed by atoms with van der Waals surface area (Å²) < 4.78 is 0. The molecule has 182 valence electrons. The van der Waals surface area contributed by atoms with Crippen molar-refractivity contribution in [3.8, 4) is 0 Å². The van der Waals surface area contributed by atoms with E-state index in [1.54, 1.807) is 0 Å². The van der Waals surface area contributed by atoms with E-state index in [1.165, 1.54) is 21.5 Å². The maximum atomic E-state index is 13.4. The zero-order valence-electron chi connectivity index (χ0n) is 21.8. The highest BCUT2D eigenvalue weighted by molar-refractivity contribution is 7.04. The molecular formula is C33H40OSi. The second-order valence-electron chi connectivity index (χ2n) is 11.2. The van der Waals surface area contributed by atoms with Crippen molar-refractivity contribution in [1.29, 1.82) is 0 Å². The zero-order valence-corrected chi connectivity index (χ0v) is 22.8. The van der Waals surface area contributed by atoms with Crippen molar-refractivity contribution in [2.75, 3.05) is 0 Å². The van der Waals surface area contributed by atoms with Crippen molar-refractivity contribution in [2.45, 2.75) is 64.5 Å². The summed E-state index contributed by atoms with van der Waals surface area (Å²) in [4.78, 5) is 13.4. The lowest BCUT2D eigenvalue weighted by Gasteiger charge is -2.45. The standard InChI is InChI=1S/C33H40OSi/c1-5-6-22-32(34)31-24-26(23-30(31)27-16-10-7-11-17-27)25-35(33(2,3)4,28-18-12-8-13-19-28)29-20-14-9-15-21-29/h7-21,23,26,31H,5-6,22,24-25H2,1-4H3. The van der Waals surface area contributed by atoms with Gasteiger partial charge in [-0.15, -0.1) is 0 Å². The van der Waals surface area contributed by atoms with Crippen LogP contribution in [0.3, 0.4) is 0 Å². The van der Waals surface area contributed by atoms with Gasteiger partial charge in [-0.2, -0.15) is 0 Å². The summed E-state index contributed by atoms with van der Waals surface area (Å²) in [6.45, 7) is 9.46. The third-order valence-electron chi connectivity index (χ3n) is 7.98. The van der Waals surface area contributed by atoms with Crippen LogP contribution in [0.4, 0.5) is 0 Å². The lowest BCUT2D eigenvalue weighted by molar-refractivity contribution is -0.121. The van der Waals surface area contributed by atoms with Crippen LogP contribution in [-0.4, -0.2) is 13.9 Å². The summed E-state index contributed by atoms with van der Waals surface area (Å²) in [6.07, 6.45) is 6.16. The van der Waals surface area contributed by atoms with Gasteiger partial charge in [0.25, 0.3) is 0 Å². The molecule has 0 amide bonds. The average molecular weight is 481 g/mol. The monoisotopic (exact) mass is 480 g/mol. The number of benzene rings is 3. The minimum atomic E-state index is -2.19. The van der Waals surface area contributed by atoms with E-state index in [4.69, 9.17) is 0 Å². The normalized spacial score (nSPS) is 18.3. The number of carbonyl (C=O) groups excluding carboxylic acids is 1. The Morgan fingerprint density at radius 1 is 0.829 bits per heavy atom. The van der Waals surface area contributed by atoms with E-state index in [1.807, 2.05) is 0 Å². The Hall–Kier alpha value is -2.71. The van der Waals surface area contributed by atoms with Crippen molar-refractivity contribution in [2.24, 2.45) is 11.8 Å². The molecule has 0 saturated carbocycles. The second kappa shape index (κ2) is 10.9. The molecule has 0 saturated heterocycles. The summed E-state index contributed by atoms with van der Waals surface area (Å²) in [5, 5.41) is 3.11. The Morgan fingerprint density at radius 3 is 1.83 bits per heavy atom. The maximum absolute atomic E-state index is 13.4. The van der Waals surface area contributed by atoms with E-state index in [-0.39, 0.29) is 11.0 Å². The summed E-state index contributed by atoms with van der Waals surface area (Å²) >= 11 is 0. The van der Waals surface area contributed by atoms with Crippen LogP contribution < -0.4 is 10.4 Å². The molecule has 1 aliphatic rings. The first-order chi connectivity index (χ1) is 16.9. The fraction of sp³-hybridized carbons (Fsp3) is 0.364. The summed E-state index contributed by atoms with van der Waals surface area (Å²) in [6, 6.07) is 34.2. The van der Waals surface area contributed by atoms with Crippen LogP contribution in [0.5, 0.6) is 0 Å².